The number of fused-ring (bicyclic) bond motifs is 5. The van der Waals surface area contributed by atoms with Crippen molar-refractivity contribution in [1.82, 2.24) is 4.57 Å². The average molecular weight is 572 g/mol. The predicted octanol–water partition coefficient (Wildman–Crippen LogP) is 12.1. The van der Waals surface area contributed by atoms with E-state index in [1.165, 1.54) is 76.7 Å². The maximum atomic E-state index is 2.42. The van der Waals surface area contributed by atoms with E-state index in [-0.39, 0.29) is 0 Å². The summed E-state index contributed by atoms with van der Waals surface area (Å²) in [4.78, 5) is 0. The van der Waals surface area contributed by atoms with E-state index in [4.69, 9.17) is 0 Å². The maximum Gasteiger partial charge on any atom is 0.0547 e. The summed E-state index contributed by atoms with van der Waals surface area (Å²) in [5, 5.41) is 7.60. The molecule has 0 bridgehead atoms. The highest BCUT2D eigenvalue weighted by molar-refractivity contribution is 6.26. The first-order chi connectivity index (χ1) is 22.4. The second kappa shape index (κ2) is 10.4. The Bertz CT molecular complexity index is 2450. The molecule has 0 unspecified atom stereocenters. The minimum atomic E-state index is 1.16. The first-order valence-corrected chi connectivity index (χ1v) is 15.5. The van der Waals surface area contributed by atoms with E-state index in [0.717, 1.165) is 5.69 Å². The van der Waals surface area contributed by atoms with E-state index in [1.807, 2.05) is 0 Å². The molecule has 0 saturated carbocycles. The van der Waals surface area contributed by atoms with E-state index >= 15 is 0 Å². The number of nitrogens with zero attached hydrogens (tertiary/aromatic N) is 1. The third-order valence-electron chi connectivity index (χ3n) is 9.17. The van der Waals surface area contributed by atoms with Crippen LogP contribution in [0.25, 0.3) is 82.4 Å². The number of rotatable bonds is 4. The number of aromatic nitrogens is 1. The van der Waals surface area contributed by atoms with Crippen LogP contribution in [0.4, 0.5) is 0 Å². The standard InChI is InChI=1S/C44H29N/c1-4-15-30(16-5-1)32-27-28-40-39(29-32)44-38(25-14-26-41(44)45(40)33-19-8-3-9-20-33)43-36-23-12-10-21-34(36)42(31-17-6-2-7-18-31)35-22-11-13-24-37(35)43/h1-29H. The van der Waals surface area contributed by atoms with Crippen LogP contribution in [0.2, 0.25) is 0 Å². The van der Waals surface area contributed by atoms with Crippen molar-refractivity contribution in [3.8, 4) is 39.1 Å². The van der Waals surface area contributed by atoms with Crippen LogP contribution < -0.4 is 0 Å². The molecule has 0 fully saturated rings. The molecule has 0 aliphatic carbocycles. The topological polar surface area (TPSA) is 4.93 Å². The fraction of sp³-hybridized carbons (Fsp3) is 0. The maximum absolute atomic E-state index is 2.42. The molecule has 0 N–H and O–H groups in total. The van der Waals surface area contributed by atoms with Gasteiger partial charge < -0.3 is 4.57 Å². The molecule has 0 atom stereocenters. The summed E-state index contributed by atoms with van der Waals surface area (Å²) in [7, 11) is 0. The fourth-order valence-electron chi connectivity index (χ4n) is 7.28. The molecule has 1 heterocycles. The molecular formula is C44H29N. The molecule has 9 aromatic rings. The summed E-state index contributed by atoms with van der Waals surface area (Å²) in [6.07, 6.45) is 0. The lowest BCUT2D eigenvalue weighted by atomic mass is 9.85. The molecule has 210 valence electrons. The van der Waals surface area contributed by atoms with Crippen LogP contribution >= 0.6 is 0 Å². The predicted molar refractivity (Wildman–Crippen MR) is 192 cm³/mol. The fourth-order valence-corrected chi connectivity index (χ4v) is 7.28. The van der Waals surface area contributed by atoms with Crippen LogP contribution in [0.15, 0.2) is 176 Å². The molecule has 0 saturated heterocycles. The van der Waals surface area contributed by atoms with E-state index in [1.54, 1.807) is 0 Å². The number of benzene rings is 8. The lowest BCUT2D eigenvalue weighted by molar-refractivity contribution is 1.18. The van der Waals surface area contributed by atoms with Gasteiger partial charge in [0.1, 0.15) is 0 Å². The monoisotopic (exact) mass is 571 g/mol. The third-order valence-corrected chi connectivity index (χ3v) is 9.17. The smallest absolute Gasteiger partial charge is 0.0547 e. The molecule has 1 nitrogen and oxygen atoms in total. The highest BCUT2D eigenvalue weighted by atomic mass is 15.0. The lowest BCUT2D eigenvalue weighted by Gasteiger charge is -2.18. The summed E-state index contributed by atoms with van der Waals surface area (Å²) in [6.45, 7) is 0. The molecule has 1 heteroatoms. The van der Waals surface area contributed by atoms with Gasteiger partial charge in [0.05, 0.1) is 11.0 Å². The summed E-state index contributed by atoms with van der Waals surface area (Å²) in [6, 6.07) is 63.9. The van der Waals surface area contributed by atoms with Gasteiger partial charge in [-0.3, -0.25) is 0 Å². The molecule has 0 radical (unpaired) electrons. The van der Waals surface area contributed by atoms with Crippen molar-refractivity contribution >= 4 is 43.4 Å². The average Bonchev–Trinajstić information content (AvgIpc) is 3.46. The van der Waals surface area contributed by atoms with E-state index < -0.39 is 0 Å². The van der Waals surface area contributed by atoms with E-state index in [9.17, 15) is 0 Å². The van der Waals surface area contributed by atoms with Crippen molar-refractivity contribution in [2.24, 2.45) is 0 Å². The first kappa shape index (κ1) is 25.6. The minimum Gasteiger partial charge on any atom is -0.309 e. The van der Waals surface area contributed by atoms with Gasteiger partial charge in [0.15, 0.2) is 0 Å². The second-order valence-electron chi connectivity index (χ2n) is 11.7. The molecule has 0 amide bonds. The number of hydrogen-bond donors (Lipinski definition) is 0. The van der Waals surface area contributed by atoms with Gasteiger partial charge in [0.2, 0.25) is 0 Å². The van der Waals surface area contributed by atoms with Gasteiger partial charge in [0, 0.05) is 16.5 Å². The van der Waals surface area contributed by atoms with Crippen LogP contribution in [0.1, 0.15) is 0 Å². The van der Waals surface area contributed by atoms with Gasteiger partial charge >= 0.3 is 0 Å². The van der Waals surface area contributed by atoms with Gasteiger partial charge in [-0.15, -0.1) is 0 Å². The van der Waals surface area contributed by atoms with Gasteiger partial charge in [-0.1, -0.05) is 146 Å². The molecule has 0 aliphatic rings. The summed E-state index contributed by atoms with van der Waals surface area (Å²) in [5.41, 5.74) is 11.1. The van der Waals surface area contributed by atoms with Crippen LogP contribution in [0, 0.1) is 0 Å². The zero-order valence-electron chi connectivity index (χ0n) is 24.7. The molecule has 0 spiro atoms. The van der Waals surface area contributed by atoms with Gasteiger partial charge in [-0.05, 0) is 85.3 Å². The second-order valence-corrected chi connectivity index (χ2v) is 11.7. The normalized spacial score (nSPS) is 11.6. The Morgan fingerprint density at radius 2 is 0.844 bits per heavy atom. The van der Waals surface area contributed by atoms with E-state index in [0.29, 0.717) is 0 Å². The van der Waals surface area contributed by atoms with Gasteiger partial charge in [0.25, 0.3) is 0 Å². The molecule has 9 rings (SSSR count). The quantitative estimate of drug-likeness (QED) is 0.185. The van der Waals surface area contributed by atoms with Crippen LogP contribution in [0.3, 0.4) is 0 Å². The molecular weight excluding hydrogens is 542 g/mol. The SMILES string of the molecule is c1ccc(-c2ccc3c(c2)c2c(-c4c5ccccc5c(-c5ccccc5)c5ccccc45)cccc2n3-c2ccccc2)cc1. The Morgan fingerprint density at radius 3 is 1.47 bits per heavy atom. The van der Waals surface area contributed by atoms with Gasteiger partial charge in [-0.25, -0.2) is 0 Å². The van der Waals surface area contributed by atoms with Crippen molar-refractivity contribution < 1.29 is 0 Å². The van der Waals surface area contributed by atoms with Crippen molar-refractivity contribution in [3.05, 3.63) is 176 Å². The molecule has 0 aliphatic heterocycles. The Kier molecular flexibility index (Phi) is 5.89. The molecule has 8 aromatic carbocycles. The molecule has 45 heavy (non-hydrogen) atoms. The van der Waals surface area contributed by atoms with Crippen molar-refractivity contribution in [3.63, 3.8) is 0 Å². The van der Waals surface area contributed by atoms with Crippen LogP contribution in [-0.4, -0.2) is 4.57 Å². The highest BCUT2D eigenvalue weighted by Gasteiger charge is 2.21. The summed E-state index contributed by atoms with van der Waals surface area (Å²) < 4.78 is 2.42. The van der Waals surface area contributed by atoms with Crippen LogP contribution in [-0.2, 0) is 0 Å². The minimum absolute atomic E-state index is 1.16. The molecule has 1 aromatic heterocycles. The van der Waals surface area contributed by atoms with Crippen molar-refractivity contribution in [2.45, 2.75) is 0 Å². The Hall–Kier alpha value is -5.92. The largest absolute Gasteiger partial charge is 0.309 e. The summed E-state index contributed by atoms with van der Waals surface area (Å²) in [5.74, 6) is 0. The number of para-hydroxylation sites is 1. The van der Waals surface area contributed by atoms with Crippen molar-refractivity contribution in [1.29, 1.82) is 0 Å². The summed E-state index contributed by atoms with van der Waals surface area (Å²) >= 11 is 0. The van der Waals surface area contributed by atoms with E-state index in [2.05, 4.69) is 180 Å². The Labute approximate surface area is 262 Å². The Morgan fingerprint density at radius 1 is 0.311 bits per heavy atom. The third kappa shape index (κ3) is 4.02. The first-order valence-electron chi connectivity index (χ1n) is 15.5. The van der Waals surface area contributed by atoms with Crippen LogP contribution in [0.5, 0.6) is 0 Å². The zero-order valence-corrected chi connectivity index (χ0v) is 24.7. The lowest BCUT2D eigenvalue weighted by Crippen LogP contribution is -1.93. The highest BCUT2D eigenvalue weighted by Crippen LogP contribution is 2.47. The zero-order chi connectivity index (χ0) is 29.7. The Balaban J connectivity index is 1.46. The van der Waals surface area contributed by atoms with Gasteiger partial charge in [-0.2, -0.15) is 0 Å². The van der Waals surface area contributed by atoms with Crippen molar-refractivity contribution in [2.75, 3.05) is 0 Å². The number of hydrogen-bond acceptors (Lipinski definition) is 0.